The number of hydrogen-bond donors (Lipinski definition) is 2. The van der Waals surface area contributed by atoms with Crippen LogP contribution in [-0.4, -0.2) is 44.8 Å². The maximum Gasteiger partial charge on any atom is 0.275 e. The van der Waals surface area contributed by atoms with E-state index in [-0.39, 0.29) is 12.0 Å². The minimum absolute atomic E-state index is 0.106. The van der Waals surface area contributed by atoms with Gasteiger partial charge in [0.15, 0.2) is 18.0 Å². The smallest absolute Gasteiger partial charge is 0.275 e. The van der Waals surface area contributed by atoms with Gasteiger partial charge in [-0.05, 0) is 31.4 Å². The van der Waals surface area contributed by atoms with Gasteiger partial charge in [-0.1, -0.05) is 12.1 Å². The molecule has 0 aromatic heterocycles. The minimum Gasteiger partial charge on any atom is -0.486 e. The summed E-state index contributed by atoms with van der Waals surface area (Å²) in [6.45, 7) is 3.78. The van der Waals surface area contributed by atoms with Crippen LogP contribution >= 0.6 is 0 Å². The summed E-state index contributed by atoms with van der Waals surface area (Å²) in [7, 11) is 0. The van der Waals surface area contributed by atoms with Crippen LogP contribution in [-0.2, 0) is 4.79 Å². The Kier molecular flexibility index (Phi) is 4.60. The van der Waals surface area contributed by atoms with Gasteiger partial charge in [-0.3, -0.25) is 4.79 Å². The second-order valence-corrected chi connectivity index (χ2v) is 5.79. The molecule has 5 heteroatoms. The molecule has 0 aliphatic carbocycles. The second-order valence-electron chi connectivity index (χ2n) is 5.79. The zero-order valence-electron chi connectivity index (χ0n) is 12.3. The Hall–Kier alpha value is -1.75. The van der Waals surface area contributed by atoms with Gasteiger partial charge in [-0.25, -0.2) is 0 Å². The number of piperidine rings is 1. The number of hydrogen-bond acceptors (Lipinski definition) is 3. The number of rotatable bonds is 4. The molecule has 114 valence electrons. The van der Waals surface area contributed by atoms with Crippen molar-refractivity contribution in [1.82, 2.24) is 5.32 Å². The van der Waals surface area contributed by atoms with Crippen LogP contribution in [0.1, 0.15) is 19.3 Å². The van der Waals surface area contributed by atoms with Gasteiger partial charge in [0.2, 0.25) is 0 Å². The number of quaternary nitrogens is 1. The summed E-state index contributed by atoms with van der Waals surface area (Å²) in [5.41, 5.74) is 0. The van der Waals surface area contributed by atoms with Crippen LogP contribution in [0, 0.1) is 0 Å². The van der Waals surface area contributed by atoms with Gasteiger partial charge in [0.05, 0.1) is 19.6 Å². The standard InChI is InChI=1S/C16H22N2O3/c19-16(11-18-8-4-1-5-9-18)17-10-13-12-20-14-6-2-3-7-15(14)21-13/h2-3,6-7,13H,1,4-5,8-12H2,(H,17,19)/p+1/t13-/m0/s1. The highest BCUT2D eigenvalue weighted by atomic mass is 16.6. The lowest BCUT2D eigenvalue weighted by atomic mass is 10.1. The summed E-state index contributed by atoms with van der Waals surface area (Å²) in [5, 5.41) is 2.97. The molecule has 2 heterocycles. The quantitative estimate of drug-likeness (QED) is 0.822. The Labute approximate surface area is 125 Å². The summed E-state index contributed by atoms with van der Waals surface area (Å²) >= 11 is 0. The average molecular weight is 291 g/mol. The number of amides is 1. The summed E-state index contributed by atoms with van der Waals surface area (Å²) in [6, 6.07) is 7.62. The number of benzene rings is 1. The van der Waals surface area contributed by atoms with Crippen molar-refractivity contribution in [1.29, 1.82) is 0 Å². The van der Waals surface area contributed by atoms with Crippen molar-refractivity contribution in [3.05, 3.63) is 24.3 Å². The predicted octanol–water partition coefficient (Wildman–Crippen LogP) is 0.0114. The molecule has 0 saturated carbocycles. The van der Waals surface area contributed by atoms with Crippen LogP contribution in [0.15, 0.2) is 24.3 Å². The fourth-order valence-corrected chi connectivity index (χ4v) is 2.91. The normalized spacial score (nSPS) is 21.8. The van der Waals surface area contributed by atoms with Gasteiger partial charge in [0.1, 0.15) is 12.7 Å². The van der Waals surface area contributed by atoms with Crippen LogP contribution in [0.5, 0.6) is 11.5 Å². The lowest BCUT2D eigenvalue weighted by molar-refractivity contribution is -0.896. The van der Waals surface area contributed by atoms with E-state index in [0.717, 1.165) is 24.6 Å². The highest BCUT2D eigenvalue weighted by molar-refractivity contribution is 5.76. The van der Waals surface area contributed by atoms with Gasteiger partial charge in [0.25, 0.3) is 5.91 Å². The summed E-state index contributed by atoms with van der Waals surface area (Å²) in [4.78, 5) is 13.4. The van der Waals surface area contributed by atoms with E-state index in [1.54, 1.807) is 0 Å². The molecule has 1 saturated heterocycles. The molecule has 0 bridgehead atoms. The molecule has 21 heavy (non-hydrogen) atoms. The van der Waals surface area contributed by atoms with Gasteiger partial charge < -0.3 is 19.7 Å². The number of nitrogens with one attached hydrogen (secondary N) is 2. The first-order valence-corrected chi connectivity index (χ1v) is 7.80. The number of likely N-dealkylation sites (tertiary alicyclic amines) is 1. The molecule has 1 aromatic carbocycles. The van der Waals surface area contributed by atoms with Gasteiger partial charge >= 0.3 is 0 Å². The highest BCUT2D eigenvalue weighted by Gasteiger charge is 2.22. The van der Waals surface area contributed by atoms with E-state index >= 15 is 0 Å². The maximum absolute atomic E-state index is 12.0. The van der Waals surface area contributed by atoms with Crippen molar-refractivity contribution in [2.45, 2.75) is 25.4 Å². The van der Waals surface area contributed by atoms with Crippen molar-refractivity contribution in [3.8, 4) is 11.5 Å². The van der Waals surface area contributed by atoms with E-state index in [2.05, 4.69) is 5.32 Å². The fraction of sp³-hybridized carbons (Fsp3) is 0.562. The zero-order valence-corrected chi connectivity index (χ0v) is 12.3. The monoisotopic (exact) mass is 291 g/mol. The summed E-state index contributed by atoms with van der Waals surface area (Å²) < 4.78 is 11.5. The lowest BCUT2D eigenvalue weighted by Gasteiger charge is -2.27. The number of carbonyl (C=O) groups excluding carboxylic acids is 1. The molecule has 2 N–H and O–H groups in total. The van der Waals surface area contributed by atoms with E-state index in [9.17, 15) is 4.79 Å². The van der Waals surface area contributed by atoms with Gasteiger partial charge in [0, 0.05) is 0 Å². The van der Waals surface area contributed by atoms with E-state index < -0.39 is 0 Å². The Morgan fingerprint density at radius 2 is 1.95 bits per heavy atom. The molecule has 1 aromatic rings. The highest BCUT2D eigenvalue weighted by Crippen LogP contribution is 2.30. The predicted molar refractivity (Wildman–Crippen MR) is 78.8 cm³/mol. The topological polar surface area (TPSA) is 52.0 Å². The minimum atomic E-state index is -0.111. The number of ether oxygens (including phenoxy) is 2. The molecule has 5 nitrogen and oxygen atoms in total. The SMILES string of the molecule is O=C(C[NH+]1CCCCC1)NC[C@H]1COc2ccccc2O1. The van der Waals surface area contributed by atoms with Crippen LogP contribution in [0.25, 0.3) is 0 Å². The van der Waals surface area contributed by atoms with Crippen LogP contribution in [0.2, 0.25) is 0 Å². The third-order valence-electron chi connectivity index (χ3n) is 4.07. The van der Waals surface area contributed by atoms with Crippen molar-refractivity contribution in [3.63, 3.8) is 0 Å². The summed E-state index contributed by atoms with van der Waals surface area (Å²) in [5.74, 6) is 1.64. The molecule has 2 aliphatic rings. The molecule has 3 rings (SSSR count). The summed E-state index contributed by atoms with van der Waals surface area (Å²) in [6.07, 6.45) is 3.66. The van der Waals surface area contributed by atoms with Crippen molar-refractivity contribution < 1.29 is 19.2 Å². The third kappa shape index (κ3) is 3.88. The Balaban J connectivity index is 1.42. The molecule has 0 spiro atoms. The van der Waals surface area contributed by atoms with Crippen LogP contribution in [0.4, 0.5) is 0 Å². The Morgan fingerprint density at radius 3 is 2.76 bits per heavy atom. The zero-order chi connectivity index (χ0) is 14.5. The molecule has 1 amide bonds. The molecule has 0 radical (unpaired) electrons. The molecule has 0 unspecified atom stereocenters. The lowest BCUT2D eigenvalue weighted by Crippen LogP contribution is -3.13. The third-order valence-corrected chi connectivity index (χ3v) is 4.07. The number of carbonyl (C=O) groups is 1. The average Bonchev–Trinajstić information content (AvgIpc) is 2.54. The molecular weight excluding hydrogens is 268 g/mol. The van der Waals surface area contributed by atoms with Crippen molar-refractivity contribution in [2.75, 3.05) is 32.8 Å². The first-order chi connectivity index (χ1) is 10.3. The molecule has 1 atom stereocenters. The van der Waals surface area contributed by atoms with Crippen molar-refractivity contribution in [2.24, 2.45) is 0 Å². The molecule has 1 fully saturated rings. The second kappa shape index (κ2) is 6.80. The largest absolute Gasteiger partial charge is 0.486 e. The van der Waals surface area contributed by atoms with E-state index in [0.29, 0.717) is 19.7 Å². The fourth-order valence-electron chi connectivity index (χ4n) is 2.91. The first-order valence-electron chi connectivity index (χ1n) is 7.80. The Morgan fingerprint density at radius 1 is 1.19 bits per heavy atom. The van der Waals surface area contributed by atoms with E-state index in [1.807, 2.05) is 24.3 Å². The van der Waals surface area contributed by atoms with E-state index in [4.69, 9.17) is 9.47 Å². The van der Waals surface area contributed by atoms with Gasteiger partial charge in [-0.15, -0.1) is 0 Å². The van der Waals surface area contributed by atoms with Crippen LogP contribution in [0.3, 0.4) is 0 Å². The molecule has 2 aliphatic heterocycles. The Bertz CT molecular complexity index is 486. The maximum atomic E-state index is 12.0. The first kappa shape index (κ1) is 14.2. The number of para-hydroxylation sites is 2. The van der Waals surface area contributed by atoms with Gasteiger partial charge in [-0.2, -0.15) is 0 Å². The molecular formula is C16H23N2O3+. The van der Waals surface area contributed by atoms with Crippen LogP contribution < -0.4 is 19.7 Å². The number of fused-ring (bicyclic) bond motifs is 1. The van der Waals surface area contributed by atoms with E-state index in [1.165, 1.54) is 24.2 Å². The van der Waals surface area contributed by atoms with Crippen molar-refractivity contribution >= 4 is 5.91 Å².